The number of methoxy groups -OCH3 is 1. The molecule has 19 heavy (non-hydrogen) atoms. The molecule has 5 nitrogen and oxygen atoms in total. The predicted molar refractivity (Wildman–Crippen MR) is 77.0 cm³/mol. The van der Waals surface area contributed by atoms with Crippen molar-refractivity contribution < 1.29 is 4.74 Å². The van der Waals surface area contributed by atoms with Crippen LogP contribution >= 0.6 is 0 Å². The summed E-state index contributed by atoms with van der Waals surface area (Å²) >= 11 is 0. The molecule has 0 fully saturated rings. The molecular weight excluding hydrogens is 240 g/mol. The van der Waals surface area contributed by atoms with Crippen LogP contribution in [0.25, 0.3) is 11.3 Å². The van der Waals surface area contributed by atoms with Gasteiger partial charge in [0.2, 0.25) is 0 Å². The molecule has 1 heterocycles. The fourth-order valence-electron chi connectivity index (χ4n) is 1.54. The zero-order valence-electron chi connectivity index (χ0n) is 11.3. The first-order valence-corrected chi connectivity index (χ1v) is 6.17. The lowest BCUT2D eigenvalue weighted by atomic mass is 10.1. The molecule has 0 aliphatic heterocycles. The van der Waals surface area contributed by atoms with E-state index in [0.717, 1.165) is 16.9 Å². The third kappa shape index (κ3) is 3.58. The standard InChI is InChI=1S/C14H18N4O/c1-10(2)16-9-17-12-6-4-11(5-7-12)13-8-15-14(18-13)19-3/h4-10H,1-3H3,(H,15,18)(H,16,17). The number of nitrogens with zero attached hydrogens (tertiary/aromatic N) is 2. The molecule has 0 bridgehead atoms. The lowest BCUT2D eigenvalue weighted by Gasteiger charge is -2.02. The van der Waals surface area contributed by atoms with Gasteiger partial charge in [0.05, 0.1) is 24.8 Å². The second-order valence-corrected chi connectivity index (χ2v) is 4.42. The number of ether oxygens (including phenoxy) is 1. The van der Waals surface area contributed by atoms with Crippen molar-refractivity contribution in [3.8, 4) is 17.3 Å². The van der Waals surface area contributed by atoms with E-state index in [1.807, 2.05) is 30.5 Å². The number of aromatic amines is 1. The van der Waals surface area contributed by atoms with Crippen molar-refractivity contribution in [2.75, 3.05) is 7.11 Å². The third-order valence-electron chi connectivity index (χ3n) is 2.53. The van der Waals surface area contributed by atoms with Crippen LogP contribution in [0.4, 0.5) is 5.69 Å². The Morgan fingerprint density at radius 3 is 2.63 bits per heavy atom. The first-order valence-electron chi connectivity index (χ1n) is 6.17. The van der Waals surface area contributed by atoms with Gasteiger partial charge >= 0.3 is 0 Å². The Balaban J connectivity index is 2.07. The maximum absolute atomic E-state index is 5.02. The van der Waals surface area contributed by atoms with Gasteiger partial charge in [-0.15, -0.1) is 0 Å². The van der Waals surface area contributed by atoms with Crippen molar-refractivity contribution in [3.63, 3.8) is 0 Å². The molecule has 0 spiro atoms. The van der Waals surface area contributed by atoms with Gasteiger partial charge in [-0.1, -0.05) is 12.1 Å². The van der Waals surface area contributed by atoms with Gasteiger partial charge in [0, 0.05) is 17.8 Å². The highest BCUT2D eigenvalue weighted by Gasteiger charge is 2.03. The summed E-state index contributed by atoms with van der Waals surface area (Å²) in [5, 5.41) is 3.13. The minimum Gasteiger partial charge on any atom is -0.468 e. The van der Waals surface area contributed by atoms with Crippen LogP contribution in [0.3, 0.4) is 0 Å². The van der Waals surface area contributed by atoms with Gasteiger partial charge in [-0.2, -0.15) is 4.98 Å². The molecule has 2 aromatic rings. The number of benzene rings is 1. The van der Waals surface area contributed by atoms with Gasteiger partial charge in [0.25, 0.3) is 6.01 Å². The second kappa shape index (κ2) is 6.04. The van der Waals surface area contributed by atoms with Crippen LogP contribution in [-0.2, 0) is 0 Å². The van der Waals surface area contributed by atoms with Gasteiger partial charge in [0.1, 0.15) is 0 Å². The minimum atomic E-state index is 0.388. The zero-order valence-corrected chi connectivity index (χ0v) is 11.3. The highest BCUT2D eigenvalue weighted by atomic mass is 16.5. The Kier molecular flexibility index (Phi) is 4.18. The van der Waals surface area contributed by atoms with Crippen LogP contribution in [0, 0.1) is 0 Å². The molecule has 0 atom stereocenters. The number of aromatic nitrogens is 2. The summed E-state index contributed by atoms with van der Waals surface area (Å²) in [6, 6.07) is 8.78. The fourth-order valence-corrected chi connectivity index (χ4v) is 1.54. The molecule has 1 aromatic heterocycles. The lowest BCUT2D eigenvalue weighted by molar-refractivity contribution is 0.384. The van der Waals surface area contributed by atoms with E-state index in [4.69, 9.17) is 4.74 Å². The van der Waals surface area contributed by atoms with Crippen LogP contribution < -0.4 is 10.1 Å². The molecule has 0 saturated heterocycles. The van der Waals surface area contributed by atoms with Crippen molar-refractivity contribution in [1.29, 1.82) is 0 Å². The summed E-state index contributed by atoms with van der Waals surface area (Å²) in [6.07, 6.45) is 3.54. The number of hydrogen-bond acceptors (Lipinski definition) is 3. The molecular formula is C14H18N4O. The first kappa shape index (κ1) is 13.1. The van der Waals surface area contributed by atoms with E-state index < -0.39 is 0 Å². The molecule has 0 radical (unpaired) electrons. The summed E-state index contributed by atoms with van der Waals surface area (Å²) in [4.78, 5) is 11.5. The summed E-state index contributed by atoms with van der Waals surface area (Å²) in [6.45, 7) is 4.14. The van der Waals surface area contributed by atoms with Crippen molar-refractivity contribution in [1.82, 2.24) is 15.3 Å². The fraction of sp³-hybridized carbons (Fsp3) is 0.286. The van der Waals surface area contributed by atoms with E-state index in [-0.39, 0.29) is 0 Å². The van der Waals surface area contributed by atoms with Crippen molar-refractivity contribution in [2.45, 2.75) is 19.9 Å². The number of hydrogen-bond donors (Lipinski definition) is 2. The van der Waals surface area contributed by atoms with Gasteiger partial charge in [-0.25, -0.2) is 4.99 Å². The molecule has 1 aromatic carbocycles. The average Bonchev–Trinajstić information content (AvgIpc) is 2.88. The SMILES string of the molecule is COc1nc(-c2ccc(/N=C/NC(C)C)cc2)c[nH]1. The quantitative estimate of drug-likeness (QED) is 0.640. The van der Waals surface area contributed by atoms with Crippen LogP contribution in [0.2, 0.25) is 0 Å². The van der Waals surface area contributed by atoms with Crippen LogP contribution in [0.15, 0.2) is 35.5 Å². The third-order valence-corrected chi connectivity index (χ3v) is 2.53. The maximum atomic E-state index is 5.02. The Bertz CT molecular complexity index is 543. The van der Waals surface area contributed by atoms with E-state index in [1.54, 1.807) is 13.4 Å². The highest BCUT2D eigenvalue weighted by molar-refractivity contribution is 5.65. The Morgan fingerprint density at radius 1 is 1.32 bits per heavy atom. The lowest BCUT2D eigenvalue weighted by Crippen LogP contribution is -2.19. The van der Waals surface area contributed by atoms with Crippen molar-refractivity contribution in [3.05, 3.63) is 30.5 Å². The van der Waals surface area contributed by atoms with E-state index in [0.29, 0.717) is 12.1 Å². The summed E-state index contributed by atoms with van der Waals surface area (Å²) in [5.74, 6) is 0. The summed E-state index contributed by atoms with van der Waals surface area (Å²) in [7, 11) is 1.59. The number of nitrogens with one attached hydrogen (secondary N) is 2. The average molecular weight is 258 g/mol. The molecule has 0 unspecified atom stereocenters. The van der Waals surface area contributed by atoms with Gasteiger partial charge < -0.3 is 15.0 Å². The maximum Gasteiger partial charge on any atom is 0.293 e. The molecule has 2 rings (SSSR count). The van der Waals surface area contributed by atoms with E-state index in [1.165, 1.54) is 0 Å². The van der Waals surface area contributed by atoms with Gasteiger partial charge in [-0.3, -0.25) is 0 Å². The van der Waals surface area contributed by atoms with Crippen molar-refractivity contribution >= 4 is 12.0 Å². The Labute approximate surface area is 112 Å². The molecule has 0 saturated carbocycles. The molecule has 100 valence electrons. The molecule has 2 N–H and O–H groups in total. The molecule has 0 aliphatic carbocycles. The smallest absolute Gasteiger partial charge is 0.293 e. The van der Waals surface area contributed by atoms with Gasteiger partial charge in [0.15, 0.2) is 0 Å². The van der Waals surface area contributed by atoms with Crippen LogP contribution in [-0.4, -0.2) is 29.5 Å². The van der Waals surface area contributed by atoms with Crippen LogP contribution in [0.1, 0.15) is 13.8 Å². The topological polar surface area (TPSA) is 62.3 Å². The zero-order chi connectivity index (χ0) is 13.7. The highest BCUT2D eigenvalue weighted by Crippen LogP contribution is 2.22. The number of imidazole rings is 1. The first-order chi connectivity index (χ1) is 9.19. The number of aliphatic imine (C=N–C) groups is 1. The van der Waals surface area contributed by atoms with E-state index in [9.17, 15) is 0 Å². The van der Waals surface area contributed by atoms with Crippen LogP contribution in [0.5, 0.6) is 6.01 Å². The normalized spacial score (nSPS) is 11.2. The largest absolute Gasteiger partial charge is 0.468 e. The molecule has 0 aliphatic rings. The summed E-state index contributed by atoms with van der Waals surface area (Å²) < 4.78 is 5.02. The predicted octanol–water partition coefficient (Wildman–Crippen LogP) is 2.74. The minimum absolute atomic E-state index is 0.388. The monoisotopic (exact) mass is 258 g/mol. The molecule has 0 amide bonds. The van der Waals surface area contributed by atoms with Crippen molar-refractivity contribution in [2.24, 2.45) is 4.99 Å². The number of H-pyrrole nitrogens is 1. The van der Waals surface area contributed by atoms with E-state index >= 15 is 0 Å². The Morgan fingerprint density at radius 2 is 2.05 bits per heavy atom. The Hall–Kier alpha value is -2.30. The molecule has 5 heteroatoms. The summed E-state index contributed by atoms with van der Waals surface area (Å²) in [5.41, 5.74) is 2.78. The number of rotatable bonds is 5. The second-order valence-electron chi connectivity index (χ2n) is 4.42. The van der Waals surface area contributed by atoms with Gasteiger partial charge in [-0.05, 0) is 26.0 Å². The van der Waals surface area contributed by atoms with E-state index in [2.05, 4.69) is 34.1 Å².